The van der Waals surface area contributed by atoms with Crippen LogP contribution < -0.4 is 4.57 Å². The van der Waals surface area contributed by atoms with E-state index in [4.69, 9.17) is 0 Å². The first-order valence-corrected chi connectivity index (χ1v) is 3.91. The summed E-state index contributed by atoms with van der Waals surface area (Å²) < 4.78 is 3.42. The molecular weight excluding hydrogens is 225 g/mol. The lowest BCUT2D eigenvalue weighted by molar-refractivity contribution is -0.690. The average molecular weight is 234 g/mol. The van der Waals surface area contributed by atoms with Crippen LogP contribution in [0.15, 0.2) is 18.2 Å². The van der Waals surface area contributed by atoms with Gasteiger partial charge < -0.3 is 0 Å². The van der Waals surface area contributed by atoms with E-state index in [1.807, 2.05) is 0 Å². The van der Waals surface area contributed by atoms with Gasteiger partial charge in [-0.1, -0.05) is 0 Å². The Balaban J connectivity index is 3.25. The van der Waals surface area contributed by atoms with Crippen LogP contribution in [0.2, 0.25) is 0 Å². The molecule has 1 rings (SSSR count). The molecule has 1 nitrogen and oxygen atoms in total. The van der Waals surface area contributed by atoms with Gasteiger partial charge in [0.25, 0.3) is 0 Å². The molecule has 0 unspecified atom stereocenters. The van der Waals surface area contributed by atoms with Gasteiger partial charge in [-0.15, -0.1) is 0 Å². The van der Waals surface area contributed by atoms with Crippen LogP contribution in [-0.4, -0.2) is 0 Å². The van der Waals surface area contributed by atoms with E-state index >= 15 is 0 Å². The van der Waals surface area contributed by atoms with Crippen molar-refractivity contribution in [2.24, 2.45) is 7.05 Å². The van der Waals surface area contributed by atoms with Crippen molar-refractivity contribution in [3.63, 3.8) is 0 Å². The second kappa shape index (κ2) is 2.64. The SMILES string of the molecule is Cc1cccc(I)[n+]1C. The maximum absolute atomic E-state index is 2.31. The highest BCUT2D eigenvalue weighted by atomic mass is 127. The quantitative estimate of drug-likeness (QED) is 0.363. The van der Waals surface area contributed by atoms with Crippen molar-refractivity contribution in [1.29, 1.82) is 0 Å². The third-order valence-corrected chi connectivity index (χ3v) is 2.50. The minimum atomic E-state index is 1.27. The predicted molar refractivity (Wildman–Crippen MR) is 45.1 cm³/mol. The van der Waals surface area contributed by atoms with Crippen LogP contribution in [-0.2, 0) is 7.05 Å². The predicted octanol–water partition coefficient (Wildman–Crippen LogP) is 1.42. The van der Waals surface area contributed by atoms with Crippen LogP contribution >= 0.6 is 22.6 Å². The van der Waals surface area contributed by atoms with Crippen molar-refractivity contribution >= 4 is 22.6 Å². The number of hydrogen-bond acceptors (Lipinski definition) is 0. The Morgan fingerprint density at radius 1 is 1.44 bits per heavy atom. The van der Waals surface area contributed by atoms with Crippen LogP contribution in [0, 0.1) is 10.6 Å². The Labute approximate surface area is 68.9 Å². The maximum Gasteiger partial charge on any atom is 0.241 e. The monoisotopic (exact) mass is 234 g/mol. The highest BCUT2D eigenvalue weighted by Crippen LogP contribution is 1.97. The maximum atomic E-state index is 2.31. The average Bonchev–Trinajstić information content (AvgIpc) is 1.83. The molecule has 0 saturated carbocycles. The summed E-state index contributed by atoms with van der Waals surface area (Å²) in [7, 11) is 2.07. The van der Waals surface area contributed by atoms with Gasteiger partial charge in [0.1, 0.15) is 7.05 Å². The molecule has 0 fully saturated rings. The highest BCUT2D eigenvalue weighted by molar-refractivity contribution is 14.1. The lowest BCUT2D eigenvalue weighted by atomic mass is 10.4. The summed E-state index contributed by atoms with van der Waals surface area (Å²) in [5, 5.41) is 0. The largest absolute Gasteiger partial charge is 0.241 e. The Morgan fingerprint density at radius 2 is 2.11 bits per heavy atom. The Hall–Kier alpha value is -0.120. The van der Waals surface area contributed by atoms with E-state index in [0.717, 1.165) is 0 Å². The van der Waals surface area contributed by atoms with Crippen molar-refractivity contribution in [1.82, 2.24) is 0 Å². The van der Waals surface area contributed by atoms with Crippen LogP contribution in [0.5, 0.6) is 0 Å². The van der Waals surface area contributed by atoms with Crippen molar-refractivity contribution in [3.05, 3.63) is 27.6 Å². The smallest absolute Gasteiger partial charge is 0.194 e. The van der Waals surface area contributed by atoms with E-state index in [-0.39, 0.29) is 0 Å². The third kappa shape index (κ3) is 1.41. The van der Waals surface area contributed by atoms with Gasteiger partial charge in [0, 0.05) is 41.6 Å². The lowest BCUT2D eigenvalue weighted by Crippen LogP contribution is -2.35. The van der Waals surface area contributed by atoms with E-state index in [9.17, 15) is 0 Å². The minimum Gasteiger partial charge on any atom is -0.194 e. The van der Waals surface area contributed by atoms with E-state index in [0.29, 0.717) is 0 Å². The van der Waals surface area contributed by atoms with E-state index in [1.165, 1.54) is 9.39 Å². The summed E-state index contributed by atoms with van der Waals surface area (Å²) in [5.41, 5.74) is 1.29. The molecule has 0 N–H and O–H groups in total. The first kappa shape index (κ1) is 6.99. The fraction of sp³-hybridized carbons (Fsp3) is 0.286. The molecule has 0 spiro atoms. The lowest BCUT2D eigenvalue weighted by Gasteiger charge is -1.92. The van der Waals surface area contributed by atoms with Gasteiger partial charge in [-0.2, -0.15) is 4.57 Å². The number of aromatic nitrogens is 1. The van der Waals surface area contributed by atoms with Crippen LogP contribution in [0.1, 0.15) is 5.69 Å². The summed E-state index contributed by atoms with van der Waals surface area (Å²) in [6.45, 7) is 2.10. The second-order valence-corrected chi connectivity index (χ2v) is 3.15. The minimum absolute atomic E-state index is 1.27. The number of aryl methyl sites for hydroxylation is 1. The standard InChI is InChI=1S/C7H9IN/c1-6-4-3-5-7(8)9(6)2/h3-5H,1-2H3/q+1. The highest BCUT2D eigenvalue weighted by Gasteiger charge is 2.01. The molecule has 1 aromatic rings. The zero-order valence-electron chi connectivity index (χ0n) is 5.56. The molecular formula is C7H9IN+. The van der Waals surface area contributed by atoms with Gasteiger partial charge >= 0.3 is 0 Å². The van der Waals surface area contributed by atoms with Crippen molar-refractivity contribution in [3.8, 4) is 0 Å². The van der Waals surface area contributed by atoms with E-state index in [1.54, 1.807) is 0 Å². The Kier molecular flexibility index (Phi) is 2.05. The fourth-order valence-electron chi connectivity index (χ4n) is 0.659. The molecule has 0 bridgehead atoms. The van der Waals surface area contributed by atoms with Gasteiger partial charge in [0.05, 0.1) is 0 Å². The first-order valence-electron chi connectivity index (χ1n) is 2.83. The molecule has 0 aliphatic rings. The number of nitrogens with zero attached hydrogens (tertiary/aromatic N) is 1. The molecule has 9 heavy (non-hydrogen) atoms. The van der Waals surface area contributed by atoms with Gasteiger partial charge in [0.15, 0.2) is 5.69 Å². The van der Waals surface area contributed by atoms with Crippen LogP contribution in [0.25, 0.3) is 0 Å². The van der Waals surface area contributed by atoms with Crippen LogP contribution in [0.4, 0.5) is 0 Å². The normalized spacial score (nSPS) is 9.67. The van der Waals surface area contributed by atoms with Gasteiger partial charge in [-0.3, -0.25) is 0 Å². The molecule has 1 aromatic heterocycles. The number of rotatable bonds is 0. The topological polar surface area (TPSA) is 3.88 Å². The Bertz CT molecular complexity index is 200. The molecule has 0 aliphatic heterocycles. The van der Waals surface area contributed by atoms with E-state index in [2.05, 4.69) is 59.3 Å². The molecule has 2 heteroatoms. The third-order valence-electron chi connectivity index (χ3n) is 1.42. The summed E-state index contributed by atoms with van der Waals surface area (Å²) in [4.78, 5) is 0. The molecule has 0 saturated heterocycles. The second-order valence-electron chi connectivity index (χ2n) is 2.05. The van der Waals surface area contributed by atoms with Crippen molar-refractivity contribution in [2.45, 2.75) is 6.92 Å². The van der Waals surface area contributed by atoms with Gasteiger partial charge in [-0.25, -0.2) is 0 Å². The summed E-state index contributed by atoms with van der Waals surface area (Å²) in [6.07, 6.45) is 0. The molecule has 0 atom stereocenters. The first-order chi connectivity index (χ1) is 4.22. The molecule has 1 heterocycles. The van der Waals surface area contributed by atoms with Gasteiger partial charge in [0.2, 0.25) is 3.70 Å². The zero-order valence-corrected chi connectivity index (χ0v) is 7.71. The zero-order chi connectivity index (χ0) is 6.85. The molecule has 48 valence electrons. The number of halogens is 1. The Morgan fingerprint density at radius 3 is 2.56 bits per heavy atom. The number of pyridine rings is 1. The molecule has 0 aromatic carbocycles. The molecule has 0 aliphatic carbocycles. The van der Waals surface area contributed by atoms with Crippen LogP contribution in [0.3, 0.4) is 0 Å². The van der Waals surface area contributed by atoms with Crippen molar-refractivity contribution in [2.75, 3.05) is 0 Å². The number of hydrogen-bond donors (Lipinski definition) is 0. The molecule has 0 amide bonds. The summed E-state index contributed by atoms with van der Waals surface area (Å²) in [6, 6.07) is 6.26. The molecule has 0 radical (unpaired) electrons. The van der Waals surface area contributed by atoms with Crippen molar-refractivity contribution < 1.29 is 4.57 Å². The van der Waals surface area contributed by atoms with Gasteiger partial charge in [-0.05, 0) is 6.07 Å². The fourth-order valence-corrected chi connectivity index (χ4v) is 1.25. The van der Waals surface area contributed by atoms with E-state index < -0.39 is 0 Å². The summed E-state index contributed by atoms with van der Waals surface area (Å²) >= 11 is 2.31. The summed E-state index contributed by atoms with van der Waals surface area (Å²) in [5.74, 6) is 0.